The average molecular weight is 343 g/mol. The third-order valence-corrected chi connectivity index (χ3v) is 3.95. The molecule has 5 heteroatoms. The van der Waals surface area contributed by atoms with Crippen LogP contribution in [0.3, 0.4) is 0 Å². The summed E-state index contributed by atoms with van der Waals surface area (Å²) in [6, 6.07) is 6.62. The number of morpholine rings is 1. The standard InChI is InChI=1S/C18H30N2O2.ClH/c1-4-22-18-8-7-16(15-19(2)3)14-17(18)6-5-9-20-10-12-21-13-11-20;/h7-8,14H,4-6,9-13,15H2,1-3H3;1H. The smallest absolute Gasteiger partial charge is 0.122 e. The quantitative estimate of drug-likeness (QED) is 0.725. The molecule has 1 aromatic carbocycles. The van der Waals surface area contributed by atoms with Gasteiger partial charge in [-0.15, -0.1) is 12.4 Å². The molecule has 1 heterocycles. The minimum atomic E-state index is 0. The molecule has 0 unspecified atom stereocenters. The Balaban J connectivity index is 0.00000264. The van der Waals surface area contributed by atoms with Gasteiger partial charge in [-0.2, -0.15) is 0 Å². The zero-order chi connectivity index (χ0) is 15.8. The second-order valence-corrected chi connectivity index (χ2v) is 6.17. The van der Waals surface area contributed by atoms with Crippen molar-refractivity contribution in [2.24, 2.45) is 0 Å². The fourth-order valence-electron chi connectivity index (χ4n) is 2.91. The Morgan fingerprint density at radius 1 is 1.22 bits per heavy atom. The summed E-state index contributed by atoms with van der Waals surface area (Å²) in [4.78, 5) is 4.70. The Morgan fingerprint density at radius 3 is 2.61 bits per heavy atom. The Bertz CT molecular complexity index is 449. The van der Waals surface area contributed by atoms with Gasteiger partial charge in [0.15, 0.2) is 0 Å². The Labute approximate surface area is 147 Å². The van der Waals surface area contributed by atoms with Gasteiger partial charge in [0.25, 0.3) is 0 Å². The number of rotatable bonds is 8. The molecule has 1 aromatic rings. The topological polar surface area (TPSA) is 24.9 Å². The molecule has 132 valence electrons. The number of halogens is 1. The molecule has 0 atom stereocenters. The first-order valence-corrected chi connectivity index (χ1v) is 8.38. The van der Waals surface area contributed by atoms with Gasteiger partial charge in [0.05, 0.1) is 19.8 Å². The van der Waals surface area contributed by atoms with Gasteiger partial charge in [-0.05, 0) is 57.6 Å². The van der Waals surface area contributed by atoms with Crippen molar-refractivity contribution in [1.82, 2.24) is 9.80 Å². The number of aryl methyl sites for hydroxylation is 1. The predicted octanol–water partition coefficient (Wildman–Crippen LogP) is 2.83. The van der Waals surface area contributed by atoms with Gasteiger partial charge in [0.2, 0.25) is 0 Å². The lowest BCUT2D eigenvalue weighted by Crippen LogP contribution is -2.36. The third kappa shape index (κ3) is 7.08. The molecular formula is C18H31ClN2O2. The molecule has 1 fully saturated rings. The molecule has 0 spiro atoms. The van der Waals surface area contributed by atoms with Crippen LogP contribution in [0.2, 0.25) is 0 Å². The number of ether oxygens (including phenoxy) is 2. The molecule has 1 saturated heterocycles. The fourth-order valence-corrected chi connectivity index (χ4v) is 2.91. The number of hydrogen-bond donors (Lipinski definition) is 0. The van der Waals surface area contributed by atoms with Crippen LogP contribution in [0.15, 0.2) is 18.2 Å². The van der Waals surface area contributed by atoms with E-state index < -0.39 is 0 Å². The van der Waals surface area contributed by atoms with E-state index in [1.165, 1.54) is 17.5 Å². The first-order valence-electron chi connectivity index (χ1n) is 8.38. The lowest BCUT2D eigenvalue weighted by Gasteiger charge is -2.26. The Kier molecular flexibility index (Phi) is 9.56. The summed E-state index contributed by atoms with van der Waals surface area (Å²) in [7, 11) is 4.21. The molecule has 0 aromatic heterocycles. The molecule has 0 radical (unpaired) electrons. The van der Waals surface area contributed by atoms with E-state index >= 15 is 0 Å². The maximum atomic E-state index is 5.79. The van der Waals surface area contributed by atoms with E-state index in [1.54, 1.807) is 0 Å². The first kappa shape index (κ1) is 20.2. The first-order chi connectivity index (χ1) is 10.7. The van der Waals surface area contributed by atoms with E-state index in [-0.39, 0.29) is 12.4 Å². The molecule has 1 aliphatic rings. The van der Waals surface area contributed by atoms with E-state index in [0.717, 1.165) is 58.2 Å². The normalized spacial score (nSPS) is 15.5. The van der Waals surface area contributed by atoms with Gasteiger partial charge in [0, 0.05) is 19.6 Å². The van der Waals surface area contributed by atoms with Crippen LogP contribution in [-0.4, -0.2) is 63.4 Å². The maximum Gasteiger partial charge on any atom is 0.122 e. The summed E-state index contributed by atoms with van der Waals surface area (Å²) in [5.41, 5.74) is 2.70. The van der Waals surface area contributed by atoms with Crippen LogP contribution in [0, 0.1) is 0 Å². The maximum absolute atomic E-state index is 5.79. The molecule has 23 heavy (non-hydrogen) atoms. The minimum absolute atomic E-state index is 0. The van der Waals surface area contributed by atoms with Crippen molar-refractivity contribution in [1.29, 1.82) is 0 Å². The van der Waals surface area contributed by atoms with Crippen LogP contribution in [0.25, 0.3) is 0 Å². The monoisotopic (exact) mass is 342 g/mol. The summed E-state index contributed by atoms with van der Waals surface area (Å²) in [5.74, 6) is 1.05. The average Bonchev–Trinajstić information content (AvgIpc) is 2.50. The van der Waals surface area contributed by atoms with E-state index in [2.05, 4.69) is 42.1 Å². The van der Waals surface area contributed by atoms with Crippen molar-refractivity contribution < 1.29 is 9.47 Å². The second-order valence-electron chi connectivity index (χ2n) is 6.17. The van der Waals surface area contributed by atoms with E-state index in [4.69, 9.17) is 9.47 Å². The Hall–Kier alpha value is -0.810. The van der Waals surface area contributed by atoms with Crippen molar-refractivity contribution in [2.45, 2.75) is 26.3 Å². The summed E-state index contributed by atoms with van der Waals surface area (Å²) < 4.78 is 11.2. The van der Waals surface area contributed by atoms with Crippen LogP contribution in [0.4, 0.5) is 0 Å². The zero-order valence-corrected chi connectivity index (χ0v) is 15.5. The van der Waals surface area contributed by atoms with Gasteiger partial charge in [0.1, 0.15) is 5.75 Å². The summed E-state index contributed by atoms with van der Waals surface area (Å²) in [6.45, 7) is 8.79. The SMILES string of the molecule is CCOc1ccc(CN(C)C)cc1CCCN1CCOCC1.Cl. The summed E-state index contributed by atoms with van der Waals surface area (Å²) in [6.07, 6.45) is 2.25. The molecular weight excluding hydrogens is 312 g/mol. The molecule has 4 nitrogen and oxygen atoms in total. The van der Waals surface area contributed by atoms with Crippen LogP contribution in [0.1, 0.15) is 24.5 Å². The third-order valence-electron chi connectivity index (χ3n) is 3.95. The summed E-state index contributed by atoms with van der Waals surface area (Å²) >= 11 is 0. The van der Waals surface area contributed by atoms with E-state index in [1.807, 2.05) is 6.92 Å². The van der Waals surface area contributed by atoms with Crippen LogP contribution in [0.5, 0.6) is 5.75 Å². The van der Waals surface area contributed by atoms with Gasteiger partial charge >= 0.3 is 0 Å². The summed E-state index contributed by atoms with van der Waals surface area (Å²) in [5, 5.41) is 0. The molecule has 0 saturated carbocycles. The van der Waals surface area contributed by atoms with Gasteiger partial charge in [-0.1, -0.05) is 12.1 Å². The van der Waals surface area contributed by atoms with Crippen molar-refractivity contribution in [3.63, 3.8) is 0 Å². The fraction of sp³-hybridized carbons (Fsp3) is 0.667. The molecule has 0 bridgehead atoms. The molecule has 0 aliphatic carbocycles. The van der Waals surface area contributed by atoms with Gasteiger partial charge in [-0.3, -0.25) is 4.90 Å². The van der Waals surface area contributed by atoms with Crippen LogP contribution in [-0.2, 0) is 17.7 Å². The highest BCUT2D eigenvalue weighted by molar-refractivity contribution is 5.85. The molecule has 2 rings (SSSR count). The van der Waals surface area contributed by atoms with Crippen LogP contribution >= 0.6 is 12.4 Å². The number of benzene rings is 1. The highest BCUT2D eigenvalue weighted by Gasteiger charge is 2.11. The number of nitrogens with zero attached hydrogens (tertiary/aromatic N) is 2. The van der Waals surface area contributed by atoms with Crippen molar-refractivity contribution in [2.75, 3.05) is 53.6 Å². The minimum Gasteiger partial charge on any atom is -0.494 e. The second kappa shape index (κ2) is 10.9. The molecule has 0 N–H and O–H groups in total. The van der Waals surface area contributed by atoms with E-state index in [9.17, 15) is 0 Å². The van der Waals surface area contributed by atoms with E-state index in [0.29, 0.717) is 0 Å². The molecule has 1 aliphatic heterocycles. The van der Waals surface area contributed by atoms with Gasteiger partial charge in [-0.25, -0.2) is 0 Å². The van der Waals surface area contributed by atoms with Crippen molar-refractivity contribution >= 4 is 12.4 Å². The zero-order valence-electron chi connectivity index (χ0n) is 14.7. The highest BCUT2D eigenvalue weighted by Crippen LogP contribution is 2.22. The van der Waals surface area contributed by atoms with Crippen molar-refractivity contribution in [3.05, 3.63) is 29.3 Å². The highest BCUT2D eigenvalue weighted by atomic mass is 35.5. The van der Waals surface area contributed by atoms with Crippen molar-refractivity contribution in [3.8, 4) is 5.75 Å². The predicted molar refractivity (Wildman–Crippen MR) is 97.8 cm³/mol. The van der Waals surface area contributed by atoms with Gasteiger partial charge < -0.3 is 14.4 Å². The number of hydrogen-bond acceptors (Lipinski definition) is 4. The van der Waals surface area contributed by atoms with Crippen LogP contribution < -0.4 is 4.74 Å². The largest absolute Gasteiger partial charge is 0.494 e. The lowest BCUT2D eigenvalue weighted by molar-refractivity contribution is 0.0374. The Morgan fingerprint density at radius 2 is 1.96 bits per heavy atom. The molecule has 0 amide bonds. The lowest BCUT2D eigenvalue weighted by atomic mass is 10.0.